The van der Waals surface area contributed by atoms with Crippen molar-refractivity contribution >= 4 is 5.91 Å². The Morgan fingerprint density at radius 1 is 1.50 bits per heavy atom. The Balaban J connectivity index is 1.94. The van der Waals surface area contributed by atoms with Gasteiger partial charge in [-0.1, -0.05) is 6.92 Å². The summed E-state index contributed by atoms with van der Waals surface area (Å²) in [5.74, 6) is 0.462. The average Bonchev–Trinajstić information content (AvgIpc) is 2.95. The number of carbonyl (C=O) groups excluding carboxylic acids is 1. The van der Waals surface area contributed by atoms with Crippen LogP contribution in [-0.4, -0.2) is 65.2 Å². The molecular weight excluding hydrogens is 256 g/mol. The maximum Gasteiger partial charge on any atom is 0.271 e. The highest BCUT2D eigenvalue weighted by Gasteiger charge is 2.26. The Morgan fingerprint density at radius 3 is 2.80 bits per heavy atom. The van der Waals surface area contributed by atoms with Crippen LogP contribution in [0.25, 0.3) is 0 Å². The predicted octanol–water partition coefficient (Wildman–Crippen LogP) is 1.36. The zero-order valence-corrected chi connectivity index (χ0v) is 12.6. The van der Waals surface area contributed by atoms with Crippen LogP contribution in [0.2, 0.25) is 0 Å². The third kappa shape index (κ3) is 3.30. The number of nitrogens with zero attached hydrogens (tertiary/aromatic N) is 3. The van der Waals surface area contributed by atoms with E-state index in [2.05, 4.69) is 22.0 Å². The summed E-state index contributed by atoms with van der Waals surface area (Å²) in [6.07, 6.45) is 2.06. The highest BCUT2D eigenvalue weighted by atomic mass is 16.5. The number of hydrogen-bond acceptors (Lipinski definition) is 4. The van der Waals surface area contributed by atoms with Crippen LogP contribution in [0.5, 0.6) is 5.88 Å². The molecule has 1 aromatic heterocycles. The number of nitrogens with one attached hydrogen (secondary N) is 1. The van der Waals surface area contributed by atoms with Crippen molar-refractivity contribution in [2.24, 2.45) is 0 Å². The summed E-state index contributed by atoms with van der Waals surface area (Å²) in [4.78, 5) is 16.6. The van der Waals surface area contributed by atoms with E-state index in [9.17, 15) is 4.79 Å². The topological polar surface area (TPSA) is 61.5 Å². The summed E-state index contributed by atoms with van der Waals surface area (Å²) in [5, 5.41) is 6.73. The number of ether oxygens (including phenoxy) is 1. The highest BCUT2D eigenvalue weighted by Crippen LogP contribution is 2.18. The number of carbonyl (C=O) groups is 1. The van der Waals surface area contributed by atoms with Gasteiger partial charge >= 0.3 is 0 Å². The lowest BCUT2D eigenvalue weighted by Gasteiger charge is -2.36. The Kier molecular flexibility index (Phi) is 5.00. The van der Waals surface area contributed by atoms with Gasteiger partial charge in [-0.2, -0.15) is 0 Å². The molecule has 1 aliphatic rings. The number of H-pyrrole nitrogens is 1. The van der Waals surface area contributed by atoms with Gasteiger partial charge in [0.1, 0.15) is 5.69 Å². The molecule has 1 fully saturated rings. The van der Waals surface area contributed by atoms with Crippen LogP contribution in [-0.2, 0) is 0 Å². The van der Waals surface area contributed by atoms with Gasteiger partial charge in [-0.25, -0.2) is 0 Å². The number of likely N-dealkylation sites (tertiary alicyclic amines) is 1. The quantitative estimate of drug-likeness (QED) is 0.885. The minimum Gasteiger partial charge on any atom is -0.477 e. The van der Waals surface area contributed by atoms with Gasteiger partial charge in [-0.05, 0) is 26.3 Å². The van der Waals surface area contributed by atoms with E-state index in [0.29, 0.717) is 24.2 Å². The summed E-state index contributed by atoms with van der Waals surface area (Å²) in [5.41, 5.74) is 0.494. The van der Waals surface area contributed by atoms with Gasteiger partial charge in [0.05, 0.1) is 6.61 Å². The Morgan fingerprint density at radius 2 is 2.20 bits per heavy atom. The molecule has 1 amide bonds. The number of amides is 1. The zero-order chi connectivity index (χ0) is 14.5. The van der Waals surface area contributed by atoms with Crippen molar-refractivity contribution in [3.63, 3.8) is 0 Å². The molecule has 2 heterocycles. The van der Waals surface area contributed by atoms with Crippen molar-refractivity contribution in [1.82, 2.24) is 20.0 Å². The molecule has 1 saturated heterocycles. The van der Waals surface area contributed by atoms with Gasteiger partial charge in [0.15, 0.2) is 0 Å². The Labute approximate surface area is 120 Å². The van der Waals surface area contributed by atoms with E-state index in [1.54, 1.807) is 6.07 Å². The largest absolute Gasteiger partial charge is 0.477 e. The number of piperidine rings is 1. The van der Waals surface area contributed by atoms with Crippen LogP contribution in [0.4, 0.5) is 0 Å². The summed E-state index contributed by atoms with van der Waals surface area (Å²) < 4.78 is 5.27. The molecule has 2 rings (SSSR count). The van der Waals surface area contributed by atoms with Crippen LogP contribution in [0.15, 0.2) is 6.07 Å². The normalized spacial score (nSPS) is 17.1. The number of rotatable bonds is 5. The molecule has 1 aliphatic heterocycles. The van der Waals surface area contributed by atoms with Gasteiger partial charge in [-0.15, -0.1) is 5.10 Å². The lowest BCUT2D eigenvalue weighted by Crippen LogP contribution is -2.45. The van der Waals surface area contributed by atoms with Crippen LogP contribution in [0.1, 0.15) is 37.2 Å². The minimum atomic E-state index is -0.0154. The van der Waals surface area contributed by atoms with Gasteiger partial charge in [-0.3, -0.25) is 9.89 Å². The second kappa shape index (κ2) is 6.74. The van der Waals surface area contributed by atoms with Gasteiger partial charge in [0.25, 0.3) is 5.91 Å². The van der Waals surface area contributed by atoms with Crippen molar-refractivity contribution in [2.75, 3.05) is 33.3 Å². The minimum absolute atomic E-state index is 0.0154. The first-order valence-electron chi connectivity index (χ1n) is 7.33. The summed E-state index contributed by atoms with van der Waals surface area (Å²) in [6.45, 7) is 7.82. The molecule has 1 aromatic rings. The van der Waals surface area contributed by atoms with Gasteiger partial charge < -0.3 is 14.5 Å². The van der Waals surface area contributed by atoms with Crippen LogP contribution < -0.4 is 4.74 Å². The van der Waals surface area contributed by atoms with Crippen molar-refractivity contribution < 1.29 is 9.53 Å². The third-order valence-electron chi connectivity index (χ3n) is 3.95. The van der Waals surface area contributed by atoms with Crippen molar-refractivity contribution in [1.29, 1.82) is 0 Å². The number of hydrogen-bond donors (Lipinski definition) is 1. The first-order chi connectivity index (χ1) is 9.65. The maximum atomic E-state index is 12.4. The molecule has 6 heteroatoms. The van der Waals surface area contributed by atoms with E-state index < -0.39 is 0 Å². The number of aromatic nitrogens is 2. The molecular formula is C14H24N4O2. The maximum absolute atomic E-state index is 12.4. The molecule has 1 N–H and O–H groups in total. The molecule has 0 aliphatic carbocycles. The molecule has 112 valence electrons. The summed E-state index contributed by atoms with van der Waals surface area (Å²) >= 11 is 0. The van der Waals surface area contributed by atoms with E-state index >= 15 is 0 Å². The smallest absolute Gasteiger partial charge is 0.271 e. The first kappa shape index (κ1) is 14.8. The summed E-state index contributed by atoms with van der Waals surface area (Å²) in [7, 11) is 1.87. The molecule has 20 heavy (non-hydrogen) atoms. The fourth-order valence-electron chi connectivity index (χ4n) is 2.61. The molecule has 0 atom stereocenters. The lowest BCUT2D eigenvalue weighted by atomic mass is 10.0. The zero-order valence-electron chi connectivity index (χ0n) is 12.6. The second-order valence-electron chi connectivity index (χ2n) is 5.13. The molecule has 0 aromatic carbocycles. The van der Waals surface area contributed by atoms with Crippen LogP contribution >= 0.6 is 0 Å². The van der Waals surface area contributed by atoms with Crippen molar-refractivity contribution in [2.45, 2.75) is 32.7 Å². The monoisotopic (exact) mass is 280 g/mol. The van der Waals surface area contributed by atoms with E-state index in [-0.39, 0.29) is 5.91 Å². The Hall–Kier alpha value is -1.56. The van der Waals surface area contributed by atoms with E-state index in [0.717, 1.165) is 32.5 Å². The average molecular weight is 280 g/mol. The summed E-state index contributed by atoms with van der Waals surface area (Å²) in [6, 6.07) is 1.98. The van der Waals surface area contributed by atoms with Crippen molar-refractivity contribution in [3.8, 4) is 5.88 Å². The van der Waals surface area contributed by atoms with Crippen LogP contribution in [0, 0.1) is 0 Å². The van der Waals surface area contributed by atoms with E-state index in [4.69, 9.17) is 4.74 Å². The number of aromatic amines is 1. The fraction of sp³-hybridized carbons (Fsp3) is 0.714. The molecule has 0 unspecified atom stereocenters. The molecule has 0 spiro atoms. The molecule has 0 radical (unpaired) electrons. The predicted molar refractivity (Wildman–Crippen MR) is 77.0 cm³/mol. The molecule has 6 nitrogen and oxygen atoms in total. The van der Waals surface area contributed by atoms with E-state index in [1.807, 2.05) is 18.9 Å². The van der Waals surface area contributed by atoms with Crippen LogP contribution in [0.3, 0.4) is 0 Å². The SMILES string of the molecule is CCOc1cc(C(=O)N(C)C2CCN(CC)CC2)[nH]n1. The first-order valence-corrected chi connectivity index (χ1v) is 7.33. The standard InChI is InChI=1S/C14H24N4O2/c1-4-18-8-6-11(7-9-18)17(3)14(19)12-10-13(16-15-12)20-5-2/h10-11H,4-9H2,1-3H3,(H,15,16). The molecule has 0 bridgehead atoms. The van der Waals surface area contributed by atoms with Gasteiger partial charge in [0, 0.05) is 32.2 Å². The third-order valence-corrected chi connectivity index (χ3v) is 3.95. The lowest BCUT2D eigenvalue weighted by molar-refractivity contribution is 0.0641. The highest BCUT2D eigenvalue weighted by molar-refractivity contribution is 5.92. The van der Waals surface area contributed by atoms with Gasteiger partial charge in [0.2, 0.25) is 5.88 Å². The Bertz CT molecular complexity index is 438. The fourth-order valence-corrected chi connectivity index (χ4v) is 2.61. The van der Waals surface area contributed by atoms with E-state index in [1.165, 1.54) is 0 Å². The molecule has 0 saturated carbocycles. The van der Waals surface area contributed by atoms with Crippen molar-refractivity contribution in [3.05, 3.63) is 11.8 Å². The second-order valence-corrected chi connectivity index (χ2v) is 5.13.